The van der Waals surface area contributed by atoms with Crippen molar-refractivity contribution in [2.24, 2.45) is 0 Å². The minimum absolute atomic E-state index is 0.155. The Kier molecular flexibility index (Phi) is 6.14. The Morgan fingerprint density at radius 3 is 2.56 bits per heavy atom. The summed E-state index contributed by atoms with van der Waals surface area (Å²) < 4.78 is 76.5. The molecule has 0 saturated heterocycles. The fraction of sp³-hybridized carbons (Fsp3) is 0.0870. The predicted molar refractivity (Wildman–Crippen MR) is 139 cm³/mol. The molecule has 1 aliphatic rings. The van der Waals surface area contributed by atoms with Crippen LogP contribution in [0.15, 0.2) is 80.6 Å². The average Bonchev–Trinajstić information content (AvgIpc) is 3.35. The third-order valence-corrected chi connectivity index (χ3v) is 8.63. The highest BCUT2D eigenvalue weighted by Crippen LogP contribution is 2.48. The van der Waals surface area contributed by atoms with E-state index in [0.717, 1.165) is 21.5 Å². The van der Waals surface area contributed by atoms with Crippen LogP contribution in [0.4, 0.5) is 5.69 Å². The second kappa shape index (κ2) is 8.91. The van der Waals surface area contributed by atoms with Gasteiger partial charge >= 0.3 is 26.5 Å². The lowest BCUT2D eigenvalue weighted by Crippen LogP contribution is -2.43. The molecule has 4 aromatic rings. The van der Waals surface area contributed by atoms with Gasteiger partial charge in [0.05, 0.1) is 22.2 Å². The molecule has 5 rings (SSSR count). The van der Waals surface area contributed by atoms with Gasteiger partial charge in [0.25, 0.3) is 5.52 Å². The zero-order chi connectivity index (χ0) is 25.8. The van der Waals surface area contributed by atoms with Crippen LogP contribution >= 0.6 is 23.4 Å². The van der Waals surface area contributed by atoms with Crippen molar-refractivity contribution in [3.05, 3.63) is 82.2 Å². The number of aromatic nitrogens is 1. The molecular weight excluding hydrogens is 548 g/mol. The first-order valence-electron chi connectivity index (χ1n) is 10.5. The molecule has 1 aromatic heterocycles. The summed E-state index contributed by atoms with van der Waals surface area (Å²) in [6.45, 7) is 1.78. The number of rotatable bonds is 5. The van der Waals surface area contributed by atoms with E-state index in [1.165, 1.54) is 18.2 Å². The van der Waals surface area contributed by atoms with Crippen LogP contribution in [-0.4, -0.2) is 25.9 Å². The van der Waals surface area contributed by atoms with Gasteiger partial charge in [0.2, 0.25) is 5.58 Å². The van der Waals surface area contributed by atoms with E-state index in [9.17, 15) is 25.9 Å². The molecule has 0 bridgehead atoms. The topological polar surface area (TPSA) is 129 Å². The van der Waals surface area contributed by atoms with Gasteiger partial charge in [-0.05, 0) is 57.8 Å². The van der Waals surface area contributed by atoms with Crippen LogP contribution < -0.4 is 8.28 Å². The number of hydrogen-bond donors (Lipinski definition) is 2. The van der Waals surface area contributed by atoms with Crippen LogP contribution in [0.2, 0.25) is 5.02 Å². The van der Waals surface area contributed by atoms with E-state index in [1.807, 2.05) is 0 Å². The molecule has 9 nitrogen and oxygen atoms in total. The normalized spacial score (nSPS) is 15.8. The Labute approximate surface area is 216 Å². The fourth-order valence-corrected chi connectivity index (χ4v) is 7.05. The molecule has 0 unspecified atom stereocenters. The number of allylic oxidation sites excluding steroid dienone is 2. The first kappa shape index (κ1) is 24.8. The molecule has 0 radical (unpaired) electrons. The SMILES string of the molecule is CCC(=Cc1oc2ccc3ccccc3c2[n+]1S(=O)(=O)O)C=C1Sc2ccc(Cl)cc2N1S(=O)(=O)O. The standard InChI is InChI=1S/C23H17ClN2O7S3/c1-2-14(12-22-25(35(27,28)29)18-13-16(24)8-10-20(18)34-22)11-21-26(36(30,31)32)23-17-6-4-3-5-15(17)7-9-19(23)33-21/h3-13H,2H2,1H3,(H-,27,28,29,30,31,32)/p+1. The molecule has 0 aliphatic carbocycles. The monoisotopic (exact) mass is 565 g/mol. The van der Waals surface area contributed by atoms with Crippen molar-refractivity contribution in [2.45, 2.75) is 18.2 Å². The molecule has 1 aliphatic heterocycles. The van der Waals surface area contributed by atoms with E-state index in [2.05, 4.69) is 0 Å². The van der Waals surface area contributed by atoms with Crippen LogP contribution in [0.3, 0.4) is 0 Å². The summed E-state index contributed by atoms with van der Waals surface area (Å²) in [6, 6.07) is 15.1. The van der Waals surface area contributed by atoms with Gasteiger partial charge in [-0.1, -0.05) is 54.6 Å². The summed E-state index contributed by atoms with van der Waals surface area (Å²) in [5, 5.41) is 1.75. The van der Waals surface area contributed by atoms with Crippen molar-refractivity contribution < 1.29 is 34.3 Å². The van der Waals surface area contributed by atoms with Crippen molar-refractivity contribution in [1.29, 1.82) is 0 Å². The maximum Gasteiger partial charge on any atom is 0.515 e. The lowest BCUT2D eigenvalue weighted by Gasteiger charge is -2.16. The molecule has 2 heterocycles. The summed E-state index contributed by atoms with van der Waals surface area (Å²) in [5.41, 5.74) is 1.06. The van der Waals surface area contributed by atoms with E-state index >= 15 is 0 Å². The van der Waals surface area contributed by atoms with Gasteiger partial charge in [0, 0.05) is 9.92 Å². The smallest absolute Gasteiger partial charge is 0.397 e. The Morgan fingerprint density at radius 2 is 1.86 bits per heavy atom. The van der Waals surface area contributed by atoms with Crippen molar-refractivity contribution in [1.82, 2.24) is 0 Å². The average molecular weight is 566 g/mol. The summed E-state index contributed by atoms with van der Waals surface area (Å²) in [4.78, 5) is 0.557. The molecule has 0 atom stereocenters. The van der Waals surface area contributed by atoms with Crippen molar-refractivity contribution >= 4 is 77.6 Å². The van der Waals surface area contributed by atoms with Crippen molar-refractivity contribution in [3.63, 3.8) is 0 Å². The van der Waals surface area contributed by atoms with Gasteiger partial charge in [-0.25, -0.2) is 8.86 Å². The number of benzene rings is 3. The Bertz CT molecular complexity index is 1830. The van der Waals surface area contributed by atoms with Crippen LogP contribution in [0.25, 0.3) is 27.9 Å². The Morgan fingerprint density at radius 1 is 1.11 bits per heavy atom. The van der Waals surface area contributed by atoms with E-state index in [-0.39, 0.29) is 27.7 Å². The number of nitrogens with zero attached hydrogens (tertiary/aromatic N) is 2. The number of fused-ring (bicyclic) bond motifs is 4. The van der Waals surface area contributed by atoms with Crippen molar-refractivity contribution in [2.75, 3.05) is 4.31 Å². The Hall–Kier alpha value is -2.87. The number of thioether (sulfide) groups is 1. The van der Waals surface area contributed by atoms with Crippen molar-refractivity contribution in [3.8, 4) is 0 Å². The summed E-state index contributed by atoms with van der Waals surface area (Å²) in [6.07, 6.45) is 3.23. The molecule has 3 aromatic carbocycles. The van der Waals surface area contributed by atoms with Gasteiger partial charge in [0.1, 0.15) is 0 Å². The maximum absolute atomic E-state index is 12.4. The third-order valence-electron chi connectivity index (χ3n) is 5.52. The van der Waals surface area contributed by atoms with Crippen LogP contribution in [0.5, 0.6) is 0 Å². The van der Waals surface area contributed by atoms with Gasteiger partial charge in [-0.3, -0.25) is 4.55 Å². The van der Waals surface area contributed by atoms with E-state index in [1.54, 1.807) is 55.5 Å². The first-order valence-corrected chi connectivity index (χ1v) is 14.5. The quantitative estimate of drug-likeness (QED) is 0.249. The largest absolute Gasteiger partial charge is 0.515 e. The van der Waals surface area contributed by atoms with Crippen LogP contribution in [0.1, 0.15) is 19.2 Å². The molecule has 0 amide bonds. The summed E-state index contributed by atoms with van der Waals surface area (Å²) in [5.74, 6) is -0.181. The molecule has 0 saturated carbocycles. The zero-order valence-electron chi connectivity index (χ0n) is 18.5. The zero-order valence-corrected chi connectivity index (χ0v) is 21.7. The lowest BCUT2D eigenvalue weighted by molar-refractivity contribution is -0.497. The van der Waals surface area contributed by atoms with Gasteiger partial charge < -0.3 is 4.42 Å². The Balaban J connectivity index is 1.71. The number of halogens is 1. The van der Waals surface area contributed by atoms with E-state index < -0.39 is 20.6 Å². The number of anilines is 1. The fourth-order valence-electron chi connectivity index (χ4n) is 4.01. The second-order valence-corrected chi connectivity index (χ2v) is 11.8. The van der Waals surface area contributed by atoms with Gasteiger partial charge in [-0.2, -0.15) is 8.42 Å². The molecule has 0 spiro atoms. The molecule has 36 heavy (non-hydrogen) atoms. The molecule has 2 N–H and O–H groups in total. The minimum Gasteiger partial charge on any atom is -0.397 e. The molecule has 13 heteroatoms. The van der Waals surface area contributed by atoms with Crippen LogP contribution in [-0.2, 0) is 20.6 Å². The molecule has 186 valence electrons. The number of oxazole rings is 1. The van der Waals surface area contributed by atoms with Crippen LogP contribution in [0, 0.1) is 0 Å². The van der Waals surface area contributed by atoms with E-state index in [0.29, 0.717) is 31.3 Å². The number of hydrogen-bond acceptors (Lipinski definition) is 6. The minimum atomic E-state index is -4.78. The molecule has 0 fully saturated rings. The molecular formula is C23H18ClN2O7S3+. The predicted octanol–water partition coefficient (Wildman–Crippen LogP) is 5.23. The van der Waals surface area contributed by atoms with Gasteiger partial charge in [-0.15, -0.1) is 8.42 Å². The van der Waals surface area contributed by atoms with Gasteiger partial charge in [0.15, 0.2) is 0 Å². The highest BCUT2D eigenvalue weighted by atomic mass is 35.5. The first-order chi connectivity index (χ1) is 17.0. The van der Waals surface area contributed by atoms with E-state index in [4.69, 9.17) is 16.0 Å². The lowest BCUT2D eigenvalue weighted by atomic mass is 10.1. The maximum atomic E-state index is 12.4. The second-order valence-electron chi connectivity index (χ2n) is 7.83. The summed E-state index contributed by atoms with van der Waals surface area (Å²) >= 11 is 7.12. The third kappa shape index (κ3) is 4.40. The summed E-state index contributed by atoms with van der Waals surface area (Å²) in [7, 11) is -9.47. The highest BCUT2D eigenvalue weighted by Gasteiger charge is 2.36. The highest BCUT2D eigenvalue weighted by molar-refractivity contribution is 8.05.